The molecule has 6 heteroatoms. The Bertz CT molecular complexity index is 944. The van der Waals surface area contributed by atoms with E-state index in [1.165, 1.54) is 0 Å². The van der Waals surface area contributed by atoms with Gasteiger partial charge >= 0.3 is 5.97 Å². The summed E-state index contributed by atoms with van der Waals surface area (Å²) < 4.78 is 5.68. The molecule has 27 heavy (non-hydrogen) atoms. The van der Waals surface area contributed by atoms with Crippen molar-refractivity contribution in [1.29, 1.82) is 0 Å². The van der Waals surface area contributed by atoms with Gasteiger partial charge in [0.1, 0.15) is 6.10 Å². The molecule has 0 unspecified atom stereocenters. The van der Waals surface area contributed by atoms with Crippen molar-refractivity contribution in [3.63, 3.8) is 0 Å². The van der Waals surface area contributed by atoms with Gasteiger partial charge in [-0.15, -0.1) is 12.4 Å². The Labute approximate surface area is 174 Å². The molecule has 2 N–H and O–H groups in total. The third-order valence-corrected chi connectivity index (χ3v) is 4.99. The van der Waals surface area contributed by atoms with E-state index in [0.29, 0.717) is 22.0 Å². The molecule has 0 heterocycles. The zero-order valence-electron chi connectivity index (χ0n) is 14.7. The van der Waals surface area contributed by atoms with Crippen LogP contribution in [0.2, 0.25) is 10.0 Å². The smallest absolute Gasteiger partial charge is 0.338 e. The second kappa shape index (κ2) is 9.43. The maximum absolute atomic E-state index is 12.6. The van der Waals surface area contributed by atoms with Crippen LogP contribution in [-0.4, -0.2) is 18.1 Å². The fourth-order valence-electron chi connectivity index (χ4n) is 2.76. The molecule has 3 rings (SSSR count). The van der Waals surface area contributed by atoms with Crippen molar-refractivity contribution in [1.82, 2.24) is 0 Å². The first kappa shape index (κ1) is 21.5. The van der Waals surface area contributed by atoms with Crippen molar-refractivity contribution in [2.75, 3.05) is 0 Å². The number of hydrogen-bond donors (Lipinski definition) is 1. The van der Waals surface area contributed by atoms with Gasteiger partial charge in [0.25, 0.3) is 0 Å². The molecule has 0 spiro atoms. The fourth-order valence-corrected chi connectivity index (χ4v) is 3.08. The van der Waals surface area contributed by atoms with Gasteiger partial charge in [-0.1, -0.05) is 59.6 Å². The average Bonchev–Trinajstić information content (AvgIpc) is 2.63. The summed E-state index contributed by atoms with van der Waals surface area (Å²) in [5, 5.41) is 3.02. The van der Waals surface area contributed by atoms with Crippen molar-refractivity contribution in [3.8, 4) is 0 Å². The second-order valence-corrected chi connectivity index (χ2v) is 7.13. The van der Waals surface area contributed by atoms with Gasteiger partial charge in [0, 0.05) is 12.5 Å². The van der Waals surface area contributed by atoms with E-state index in [4.69, 9.17) is 33.7 Å². The van der Waals surface area contributed by atoms with E-state index in [-0.39, 0.29) is 18.4 Å². The van der Waals surface area contributed by atoms with E-state index in [0.717, 1.165) is 16.3 Å². The third-order valence-electron chi connectivity index (χ3n) is 4.25. The Morgan fingerprint density at radius 3 is 2.37 bits per heavy atom. The van der Waals surface area contributed by atoms with Gasteiger partial charge in [-0.2, -0.15) is 0 Å². The van der Waals surface area contributed by atoms with E-state index < -0.39 is 12.1 Å². The summed E-state index contributed by atoms with van der Waals surface area (Å²) in [5.74, 6) is -0.391. The highest BCUT2D eigenvalue weighted by molar-refractivity contribution is 6.42. The monoisotopic (exact) mass is 423 g/mol. The largest absolute Gasteiger partial charge is 0.457 e. The standard InChI is InChI=1S/C21H19Cl2NO2.ClH/c1-13(24)20(11-14-6-9-18(22)19(23)10-14)26-21(25)17-8-7-15-4-2-3-5-16(15)12-17;/h2-10,12-13,20H,11,24H2,1H3;1H/t13-,20+;/m0./s1. The Morgan fingerprint density at radius 2 is 1.70 bits per heavy atom. The highest BCUT2D eigenvalue weighted by Crippen LogP contribution is 2.24. The lowest BCUT2D eigenvalue weighted by molar-refractivity contribution is 0.0253. The third kappa shape index (κ3) is 5.36. The van der Waals surface area contributed by atoms with Gasteiger partial charge in [-0.3, -0.25) is 0 Å². The van der Waals surface area contributed by atoms with Crippen LogP contribution in [0.4, 0.5) is 0 Å². The molecule has 0 aliphatic carbocycles. The minimum atomic E-state index is -0.466. The van der Waals surface area contributed by atoms with Gasteiger partial charge in [-0.05, 0) is 47.5 Å². The van der Waals surface area contributed by atoms with Crippen molar-refractivity contribution >= 4 is 52.4 Å². The van der Waals surface area contributed by atoms with Gasteiger partial charge in [0.05, 0.1) is 15.6 Å². The van der Waals surface area contributed by atoms with Crippen LogP contribution in [0.5, 0.6) is 0 Å². The van der Waals surface area contributed by atoms with Crippen LogP contribution in [0.1, 0.15) is 22.8 Å². The Balaban J connectivity index is 0.00000261. The molecule has 0 aromatic heterocycles. The number of esters is 1. The van der Waals surface area contributed by atoms with E-state index >= 15 is 0 Å². The Morgan fingerprint density at radius 1 is 1.00 bits per heavy atom. The van der Waals surface area contributed by atoms with Gasteiger partial charge in [0.15, 0.2) is 0 Å². The van der Waals surface area contributed by atoms with Crippen LogP contribution in [0.3, 0.4) is 0 Å². The maximum Gasteiger partial charge on any atom is 0.338 e. The Kier molecular flexibility index (Phi) is 7.51. The van der Waals surface area contributed by atoms with Crippen LogP contribution < -0.4 is 5.73 Å². The lowest BCUT2D eigenvalue weighted by Crippen LogP contribution is -2.37. The van der Waals surface area contributed by atoms with Crippen molar-refractivity contribution in [3.05, 3.63) is 81.8 Å². The van der Waals surface area contributed by atoms with E-state index in [9.17, 15) is 4.79 Å². The van der Waals surface area contributed by atoms with Crippen LogP contribution in [0.25, 0.3) is 10.8 Å². The number of fused-ring (bicyclic) bond motifs is 1. The zero-order chi connectivity index (χ0) is 18.7. The molecule has 0 aliphatic heterocycles. The molecule has 0 saturated carbocycles. The predicted molar refractivity (Wildman–Crippen MR) is 114 cm³/mol. The number of nitrogens with two attached hydrogens (primary N) is 1. The summed E-state index contributed by atoms with van der Waals surface area (Å²) in [7, 11) is 0. The molecule has 0 aliphatic rings. The average molecular weight is 425 g/mol. The van der Waals surface area contributed by atoms with E-state index in [1.54, 1.807) is 18.2 Å². The molecule has 142 valence electrons. The van der Waals surface area contributed by atoms with Crippen LogP contribution in [-0.2, 0) is 11.2 Å². The van der Waals surface area contributed by atoms with Crippen molar-refractivity contribution in [2.24, 2.45) is 5.73 Å². The SMILES string of the molecule is C[C@H](N)[C@@H](Cc1ccc(Cl)c(Cl)c1)OC(=O)c1ccc2ccccc2c1.Cl. The van der Waals surface area contributed by atoms with Crippen LogP contribution >= 0.6 is 35.6 Å². The van der Waals surface area contributed by atoms with Crippen molar-refractivity contribution in [2.45, 2.75) is 25.5 Å². The zero-order valence-corrected chi connectivity index (χ0v) is 17.0. The lowest BCUT2D eigenvalue weighted by atomic mass is 10.0. The molecular formula is C21H20Cl3NO2. The highest BCUT2D eigenvalue weighted by atomic mass is 35.5. The summed E-state index contributed by atoms with van der Waals surface area (Å²) in [6.45, 7) is 1.82. The molecule has 0 amide bonds. The molecule has 3 aromatic rings. The van der Waals surface area contributed by atoms with Crippen LogP contribution in [0, 0.1) is 0 Å². The Hall–Kier alpha value is -1.78. The number of ether oxygens (including phenoxy) is 1. The quantitative estimate of drug-likeness (QED) is 0.536. The van der Waals surface area contributed by atoms with Gasteiger partial charge in [0.2, 0.25) is 0 Å². The summed E-state index contributed by atoms with van der Waals surface area (Å²) in [6.07, 6.45) is -0.000322. The minimum absolute atomic E-state index is 0. The summed E-state index contributed by atoms with van der Waals surface area (Å²) in [5.41, 5.74) is 7.45. The summed E-state index contributed by atoms with van der Waals surface area (Å²) >= 11 is 12.0. The number of carbonyl (C=O) groups excluding carboxylic acids is 1. The first-order valence-electron chi connectivity index (χ1n) is 8.33. The first-order valence-corrected chi connectivity index (χ1v) is 9.09. The fraction of sp³-hybridized carbons (Fsp3) is 0.190. The van der Waals surface area contributed by atoms with E-state index in [1.807, 2.05) is 49.4 Å². The molecule has 2 atom stereocenters. The molecule has 0 bridgehead atoms. The molecule has 3 aromatic carbocycles. The normalized spacial score (nSPS) is 12.9. The topological polar surface area (TPSA) is 52.3 Å². The predicted octanol–water partition coefficient (Wildman–Crippen LogP) is 5.68. The molecule has 0 saturated heterocycles. The van der Waals surface area contributed by atoms with Crippen molar-refractivity contribution < 1.29 is 9.53 Å². The number of rotatable bonds is 5. The number of hydrogen-bond acceptors (Lipinski definition) is 3. The number of halogens is 3. The van der Waals surface area contributed by atoms with Gasteiger partial charge in [-0.25, -0.2) is 4.79 Å². The van der Waals surface area contributed by atoms with Crippen LogP contribution in [0.15, 0.2) is 60.7 Å². The molecule has 3 nitrogen and oxygen atoms in total. The maximum atomic E-state index is 12.6. The molecule has 0 radical (unpaired) electrons. The summed E-state index contributed by atoms with van der Waals surface area (Å²) in [6, 6.07) is 18.4. The molecular weight excluding hydrogens is 405 g/mol. The lowest BCUT2D eigenvalue weighted by Gasteiger charge is -2.22. The number of benzene rings is 3. The second-order valence-electron chi connectivity index (χ2n) is 6.32. The van der Waals surface area contributed by atoms with E-state index in [2.05, 4.69) is 0 Å². The molecule has 0 fully saturated rings. The first-order chi connectivity index (χ1) is 12.4. The van der Waals surface area contributed by atoms with Gasteiger partial charge < -0.3 is 10.5 Å². The number of carbonyl (C=O) groups is 1. The minimum Gasteiger partial charge on any atom is -0.457 e. The summed E-state index contributed by atoms with van der Waals surface area (Å²) in [4.78, 5) is 12.6. The highest BCUT2D eigenvalue weighted by Gasteiger charge is 2.21.